The Kier molecular flexibility index (Phi) is 6.05. The molecule has 1 aliphatic heterocycles. The summed E-state index contributed by atoms with van der Waals surface area (Å²) in [6, 6.07) is 13.0. The maximum atomic E-state index is 14.8. The lowest BCUT2D eigenvalue weighted by atomic mass is 10.0. The van der Waals surface area contributed by atoms with Crippen molar-refractivity contribution >= 4 is 40.2 Å². The Morgan fingerprint density at radius 3 is 2.65 bits per heavy atom. The second kappa shape index (κ2) is 8.75. The van der Waals surface area contributed by atoms with Crippen LogP contribution in [0.3, 0.4) is 0 Å². The summed E-state index contributed by atoms with van der Waals surface area (Å²) in [6.45, 7) is 4.68. The summed E-state index contributed by atoms with van der Waals surface area (Å²) in [6.07, 6.45) is 0.823. The summed E-state index contributed by atoms with van der Waals surface area (Å²) in [5.74, 6) is -0.551. The molecule has 0 spiro atoms. The van der Waals surface area contributed by atoms with Gasteiger partial charge in [0, 0.05) is 30.1 Å². The zero-order chi connectivity index (χ0) is 22.1. The second-order valence-electron chi connectivity index (χ2n) is 8.17. The van der Waals surface area contributed by atoms with Gasteiger partial charge in [-0.2, -0.15) is 0 Å². The molecule has 1 aromatic heterocycles. The molecule has 31 heavy (non-hydrogen) atoms. The van der Waals surface area contributed by atoms with Gasteiger partial charge in [0.2, 0.25) is 11.8 Å². The molecule has 0 saturated heterocycles. The number of anilines is 1. The number of rotatable bonds is 5. The Balaban J connectivity index is 1.90. The Hall–Kier alpha value is -2.80. The van der Waals surface area contributed by atoms with Crippen LogP contribution in [0.25, 0.3) is 10.9 Å². The van der Waals surface area contributed by atoms with Gasteiger partial charge >= 0.3 is 0 Å². The lowest BCUT2D eigenvalue weighted by Gasteiger charge is -2.30. The predicted molar refractivity (Wildman–Crippen MR) is 123 cm³/mol. The van der Waals surface area contributed by atoms with E-state index in [0.29, 0.717) is 12.5 Å². The molecule has 0 unspecified atom stereocenters. The zero-order valence-corrected chi connectivity index (χ0v) is 18.7. The molecule has 0 radical (unpaired) electrons. The van der Waals surface area contributed by atoms with Crippen LogP contribution < -0.4 is 10.2 Å². The van der Waals surface area contributed by atoms with Crippen LogP contribution in [0, 0.1) is 11.7 Å². The van der Waals surface area contributed by atoms with Gasteiger partial charge < -0.3 is 9.88 Å². The van der Waals surface area contributed by atoms with E-state index in [0.717, 1.165) is 27.9 Å². The van der Waals surface area contributed by atoms with Crippen molar-refractivity contribution in [3.8, 4) is 0 Å². The number of nitrogens with one attached hydrogen (secondary N) is 1. The monoisotopic (exact) mass is 439 g/mol. The van der Waals surface area contributed by atoms with Gasteiger partial charge in [-0.3, -0.25) is 14.5 Å². The molecule has 1 N–H and O–H groups in total. The van der Waals surface area contributed by atoms with Crippen molar-refractivity contribution in [2.75, 3.05) is 17.2 Å². The fourth-order valence-electron chi connectivity index (χ4n) is 4.06. The van der Waals surface area contributed by atoms with Crippen molar-refractivity contribution in [1.82, 2.24) is 9.88 Å². The Morgan fingerprint density at radius 1 is 1.19 bits per heavy atom. The highest BCUT2D eigenvalue weighted by Gasteiger charge is 2.40. The van der Waals surface area contributed by atoms with Crippen LogP contribution in [0.2, 0.25) is 0 Å². The largest absolute Gasteiger partial charge is 0.354 e. The lowest BCUT2D eigenvalue weighted by molar-refractivity contribution is -0.125. The summed E-state index contributed by atoms with van der Waals surface area (Å²) in [4.78, 5) is 28.1. The molecule has 1 aliphatic rings. The smallest absolute Gasteiger partial charge is 0.247 e. The van der Waals surface area contributed by atoms with Crippen molar-refractivity contribution in [2.45, 2.75) is 31.3 Å². The van der Waals surface area contributed by atoms with E-state index < -0.39 is 11.9 Å². The van der Waals surface area contributed by atoms with E-state index in [1.54, 1.807) is 18.2 Å². The number of amides is 2. The molecule has 0 fully saturated rings. The molecule has 162 valence electrons. The Morgan fingerprint density at radius 2 is 1.90 bits per heavy atom. The zero-order valence-electron chi connectivity index (χ0n) is 17.9. The van der Waals surface area contributed by atoms with Crippen LogP contribution >= 0.6 is 11.8 Å². The summed E-state index contributed by atoms with van der Waals surface area (Å²) in [5.41, 5.74) is 1.85. The van der Waals surface area contributed by atoms with E-state index in [-0.39, 0.29) is 23.3 Å². The number of carbonyl (C=O) groups excluding carboxylic acids is 2. The van der Waals surface area contributed by atoms with Crippen molar-refractivity contribution in [3.63, 3.8) is 0 Å². The van der Waals surface area contributed by atoms with Gasteiger partial charge in [0.25, 0.3) is 0 Å². The number of carbonyl (C=O) groups is 2. The standard InChI is InChI=1S/C24H26FN3O2S/c1-15(2)12-13-26-23(30)22-21-16-8-4-6-10-18(16)27(3)24(21)31-14-20(29)28(22)19-11-7-5-9-17(19)25/h4-11,15,22H,12-14H2,1-3H3,(H,26,30)/t22-/m0/s1. The normalized spacial score (nSPS) is 16.5. The van der Waals surface area contributed by atoms with Crippen molar-refractivity contribution in [1.29, 1.82) is 0 Å². The van der Waals surface area contributed by atoms with E-state index in [2.05, 4.69) is 19.2 Å². The third-order valence-electron chi connectivity index (χ3n) is 5.60. The topological polar surface area (TPSA) is 54.3 Å². The summed E-state index contributed by atoms with van der Waals surface area (Å²) >= 11 is 1.39. The summed E-state index contributed by atoms with van der Waals surface area (Å²) in [5, 5.41) is 4.75. The first-order valence-corrected chi connectivity index (χ1v) is 11.4. The number of thioether (sulfide) groups is 1. The first-order chi connectivity index (χ1) is 14.9. The maximum absolute atomic E-state index is 14.8. The quantitative estimate of drug-likeness (QED) is 0.629. The lowest BCUT2D eigenvalue weighted by Crippen LogP contribution is -2.44. The average Bonchev–Trinajstić information content (AvgIpc) is 2.92. The number of halogens is 1. The van der Waals surface area contributed by atoms with Crippen LogP contribution in [-0.4, -0.2) is 28.7 Å². The number of para-hydroxylation sites is 2. The molecule has 2 aromatic carbocycles. The minimum absolute atomic E-state index is 0.123. The Bertz CT molecular complexity index is 1140. The molecule has 0 aliphatic carbocycles. The number of aryl methyl sites for hydroxylation is 1. The van der Waals surface area contributed by atoms with Gasteiger partial charge in [0.1, 0.15) is 11.9 Å². The number of benzene rings is 2. The van der Waals surface area contributed by atoms with Gasteiger partial charge in [0.15, 0.2) is 0 Å². The Labute approximate surface area is 185 Å². The highest BCUT2D eigenvalue weighted by molar-refractivity contribution is 8.00. The molecule has 0 saturated carbocycles. The van der Waals surface area contributed by atoms with Crippen LogP contribution in [0.15, 0.2) is 53.6 Å². The minimum atomic E-state index is -0.951. The summed E-state index contributed by atoms with van der Waals surface area (Å²) < 4.78 is 16.8. The maximum Gasteiger partial charge on any atom is 0.247 e. The van der Waals surface area contributed by atoms with E-state index in [1.807, 2.05) is 35.9 Å². The van der Waals surface area contributed by atoms with Gasteiger partial charge in [-0.1, -0.05) is 55.9 Å². The van der Waals surface area contributed by atoms with Gasteiger partial charge in [-0.05, 0) is 30.5 Å². The molecule has 4 rings (SSSR count). The molecule has 3 aromatic rings. The van der Waals surface area contributed by atoms with Gasteiger partial charge in [-0.25, -0.2) is 4.39 Å². The SMILES string of the molecule is CC(C)CCNC(=O)[C@@H]1c2c(n(C)c3ccccc23)SCC(=O)N1c1ccccc1F. The summed E-state index contributed by atoms with van der Waals surface area (Å²) in [7, 11) is 1.94. The predicted octanol–water partition coefficient (Wildman–Crippen LogP) is 4.66. The highest BCUT2D eigenvalue weighted by Crippen LogP contribution is 2.43. The van der Waals surface area contributed by atoms with Crippen molar-refractivity contribution < 1.29 is 14.0 Å². The second-order valence-corrected chi connectivity index (χ2v) is 9.14. The van der Waals surface area contributed by atoms with Crippen LogP contribution in [0.4, 0.5) is 10.1 Å². The van der Waals surface area contributed by atoms with Gasteiger partial charge in [0.05, 0.1) is 16.5 Å². The number of fused-ring (bicyclic) bond motifs is 3. The van der Waals surface area contributed by atoms with Gasteiger partial charge in [-0.15, -0.1) is 0 Å². The number of hydrogen-bond acceptors (Lipinski definition) is 3. The third kappa shape index (κ3) is 3.94. The number of nitrogens with zero attached hydrogens (tertiary/aromatic N) is 2. The molecule has 2 heterocycles. The van der Waals surface area contributed by atoms with Crippen molar-refractivity contribution in [2.24, 2.45) is 13.0 Å². The van der Waals surface area contributed by atoms with Crippen LogP contribution in [0.1, 0.15) is 31.9 Å². The number of aromatic nitrogens is 1. The van der Waals surface area contributed by atoms with E-state index >= 15 is 0 Å². The third-order valence-corrected chi connectivity index (χ3v) is 6.76. The highest BCUT2D eigenvalue weighted by atomic mass is 32.2. The first kappa shape index (κ1) is 21.4. The van der Waals surface area contributed by atoms with E-state index in [4.69, 9.17) is 0 Å². The molecule has 2 amide bonds. The molecule has 1 atom stereocenters. The van der Waals surface area contributed by atoms with Crippen LogP contribution in [-0.2, 0) is 16.6 Å². The van der Waals surface area contributed by atoms with E-state index in [9.17, 15) is 14.0 Å². The fraction of sp³-hybridized carbons (Fsp3) is 0.333. The van der Waals surface area contributed by atoms with Crippen molar-refractivity contribution in [3.05, 3.63) is 59.9 Å². The fourth-order valence-corrected chi connectivity index (χ4v) is 5.13. The van der Waals surface area contributed by atoms with Crippen LogP contribution in [0.5, 0.6) is 0 Å². The molecular weight excluding hydrogens is 413 g/mol. The molecule has 0 bridgehead atoms. The molecule has 7 heteroatoms. The molecular formula is C24H26FN3O2S. The van der Waals surface area contributed by atoms with E-state index in [1.165, 1.54) is 22.7 Å². The minimum Gasteiger partial charge on any atom is -0.354 e. The number of hydrogen-bond donors (Lipinski definition) is 1. The molecule has 5 nitrogen and oxygen atoms in total. The average molecular weight is 440 g/mol. The first-order valence-electron chi connectivity index (χ1n) is 10.4.